The normalized spacial score (nSPS) is 10.1. The van der Waals surface area contributed by atoms with Crippen LogP contribution in [0.1, 0.15) is 16.7 Å². The Morgan fingerprint density at radius 3 is 2.62 bits per heavy atom. The van der Waals surface area contributed by atoms with Crippen LogP contribution in [0.3, 0.4) is 0 Å². The third kappa shape index (κ3) is 1.55. The molecule has 1 heterocycles. The number of anilines is 1. The Balaban J connectivity index is 2.60. The summed E-state index contributed by atoms with van der Waals surface area (Å²) in [5.74, 6) is 0.177. The van der Waals surface area contributed by atoms with Crippen molar-refractivity contribution >= 4 is 5.88 Å². The first-order valence-corrected chi connectivity index (χ1v) is 4.98. The smallest absolute Gasteiger partial charge is 0.208 e. The molecule has 80 valence electrons. The van der Waals surface area contributed by atoms with Crippen LogP contribution in [0.25, 0.3) is 11.1 Å². The third-order valence-corrected chi connectivity index (χ3v) is 2.75. The zero-order valence-corrected chi connectivity index (χ0v) is 9.24. The van der Waals surface area contributed by atoms with E-state index in [0.717, 1.165) is 11.1 Å². The van der Waals surface area contributed by atoms with E-state index in [4.69, 9.17) is 15.4 Å². The number of hydrogen-bond acceptors (Lipinski definition) is 3. The van der Waals surface area contributed by atoms with Crippen molar-refractivity contribution in [3.8, 4) is 17.2 Å². The van der Waals surface area contributed by atoms with Crippen molar-refractivity contribution in [2.45, 2.75) is 13.8 Å². The standard InChI is InChI=1S/C13H12N2O/c1-8-3-4-10(5-9(8)2)12-7-16-13(15)11(12)6-14/h3-5,7H,15H2,1-2H3. The minimum Gasteiger partial charge on any atom is -0.447 e. The molecule has 0 saturated heterocycles. The second-order valence-corrected chi connectivity index (χ2v) is 3.80. The van der Waals surface area contributed by atoms with Gasteiger partial charge in [0, 0.05) is 5.56 Å². The van der Waals surface area contributed by atoms with Crippen LogP contribution in [-0.4, -0.2) is 0 Å². The van der Waals surface area contributed by atoms with Crippen LogP contribution in [0.4, 0.5) is 5.88 Å². The minimum atomic E-state index is 0.177. The molecule has 0 spiro atoms. The number of hydrogen-bond donors (Lipinski definition) is 1. The zero-order valence-electron chi connectivity index (χ0n) is 9.24. The minimum absolute atomic E-state index is 0.177. The number of nitrogens with two attached hydrogens (primary N) is 1. The molecule has 2 N–H and O–H groups in total. The summed E-state index contributed by atoms with van der Waals surface area (Å²) >= 11 is 0. The molecule has 0 fully saturated rings. The molecule has 0 bridgehead atoms. The highest BCUT2D eigenvalue weighted by molar-refractivity contribution is 5.75. The molecule has 3 nitrogen and oxygen atoms in total. The van der Waals surface area contributed by atoms with Gasteiger partial charge in [-0.2, -0.15) is 5.26 Å². The second kappa shape index (κ2) is 3.74. The summed E-state index contributed by atoms with van der Waals surface area (Å²) in [6, 6.07) is 8.07. The Morgan fingerprint density at radius 1 is 1.25 bits per heavy atom. The quantitative estimate of drug-likeness (QED) is 0.790. The lowest BCUT2D eigenvalue weighted by Gasteiger charge is -2.03. The summed E-state index contributed by atoms with van der Waals surface area (Å²) in [5.41, 5.74) is 10.1. The Bertz CT molecular complexity index is 576. The van der Waals surface area contributed by atoms with Gasteiger partial charge in [-0.05, 0) is 30.5 Å². The van der Waals surface area contributed by atoms with Gasteiger partial charge in [-0.3, -0.25) is 0 Å². The van der Waals surface area contributed by atoms with E-state index >= 15 is 0 Å². The summed E-state index contributed by atoms with van der Waals surface area (Å²) in [6.07, 6.45) is 1.53. The maximum Gasteiger partial charge on any atom is 0.208 e. The van der Waals surface area contributed by atoms with Crippen LogP contribution < -0.4 is 5.73 Å². The lowest BCUT2D eigenvalue weighted by Crippen LogP contribution is -1.87. The molecule has 0 aliphatic heterocycles. The van der Waals surface area contributed by atoms with Crippen molar-refractivity contribution in [1.29, 1.82) is 5.26 Å². The molecule has 0 amide bonds. The van der Waals surface area contributed by atoms with Crippen molar-refractivity contribution in [3.63, 3.8) is 0 Å². The second-order valence-electron chi connectivity index (χ2n) is 3.80. The van der Waals surface area contributed by atoms with Gasteiger partial charge in [-0.25, -0.2) is 0 Å². The zero-order chi connectivity index (χ0) is 11.7. The van der Waals surface area contributed by atoms with Crippen LogP contribution in [0.2, 0.25) is 0 Å². The van der Waals surface area contributed by atoms with Crippen LogP contribution in [0.5, 0.6) is 0 Å². The summed E-state index contributed by atoms with van der Waals surface area (Å²) in [6.45, 7) is 4.09. The predicted molar refractivity (Wildman–Crippen MR) is 62.7 cm³/mol. The fraction of sp³-hybridized carbons (Fsp3) is 0.154. The molecule has 16 heavy (non-hydrogen) atoms. The Kier molecular flexibility index (Phi) is 2.41. The highest BCUT2D eigenvalue weighted by Crippen LogP contribution is 2.30. The molecule has 1 aromatic carbocycles. The predicted octanol–water partition coefficient (Wildman–Crippen LogP) is 3.02. The molecular weight excluding hydrogens is 200 g/mol. The van der Waals surface area contributed by atoms with Gasteiger partial charge in [-0.1, -0.05) is 18.2 Å². The molecule has 2 aromatic rings. The van der Waals surface area contributed by atoms with E-state index in [2.05, 4.69) is 6.07 Å². The highest BCUT2D eigenvalue weighted by Gasteiger charge is 2.12. The number of rotatable bonds is 1. The number of nitrogen functional groups attached to an aromatic ring is 1. The first-order valence-electron chi connectivity index (χ1n) is 4.98. The lowest BCUT2D eigenvalue weighted by molar-refractivity contribution is 0.588. The molecule has 0 aliphatic carbocycles. The Morgan fingerprint density at radius 2 is 2.00 bits per heavy atom. The maximum absolute atomic E-state index is 8.98. The van der Waals surface area contributed by atoms with Gasteiger partial charge in [0.05, 0.1) is 0 Å². The maximum atomic E-state index is 8.98. The van der Waals surface area contributed by atoms with Gasteiger partial charge in [0.25, 0.3) is 0 Å². The lowest BCUT2D eigenvalue weighted by atomic mass is 10.00. The first kappa shape index (κ1) is 10.3. The molecule has 0 saturated carbocycles. The summed E-state index contributed by atoms with van der Waals surface area (Å²) in [5, 5.41) is 8.98. The largest absolute Gasteiger partial charge is 0.447 e. The van der Waals surface area contributed by atoms with Crippen molar-refractivity contribution < 1.29 is 4.42 Å². The molecule has 0 aliphatic rings. The summed E-state index contributed by atoms with van der Waals surface area (Å²) < 4.78 is 5.07. The highest BCUT2D eigenvalue weighted by atomic mass is 16.3. The van der Waals surface area contributed by atoms with E-state index in [1.165, 1.54) is 17.4 Å². The van der Waals surface area contributed by atoms with Crippen molar-refractivity contribution in [3.05, 3.63) is 41.2 Å². The molecule has 0 unspecified atom stereocenters. The average molecular weight is 212 g/mol. The molecule has 0 atom stereocenters. The third-order valence-electron chi connectivity index (χ3n) is 2.75. The molecule has 3 heteroatoms. The fourth-order valence-corrected chi connectivity index (χ4v) is 1.61. The van der Waals surface area contributed by atoms with Crippen LogP contribution in [-0.2, 0) is 0 Å². The molecule has 1 aromatic heterocycles. The number of nitrogens with zero attached hydrogens (tertiary/aromatic N) is 1. The van der Waals surface area contributed by atoms with E-state index in [-0.39, 0.29) is 5.88 Å². The van der Waals surface area contributed by atoms with E-state index in [1.54, 1.807) is 0 Å². The van der Waals surface area contributed by atoms with Crippen LogP contribution in [0, 0.1) is 25.2 Å². The SMILES string of the molecule is Cc1ccc(-c2coc(N)c2C#N)cc1C. The number of benzene rings is 1. The Labute approximate surface area is 94.1 Å². The van der Waals surface area contributed by atoms with Gasteiger partial charge < -0.3 is 10.2 Å². The molecule has 0 radical (unpaired) electrons. The van der Waals surface area contributed by atoms with Crippen LogP contribution >= 0.6 is 0 Å². The van der Waals surface area contributed by atoms with Crippen molar-refractivity contribution in [2.75, 3.05) is 5.73 Å². The number of furan rings is 1. The summed E-state index contributed by atoms with van der Waals surface area (Å²) in [4.78, 5) is 0. The van der Waals surface area contributed by atoms with Gasteiger partial charge in [0.2, 0.25) is 5.88 Å². The van der Waals surface area contributed by atoms with E-state index in [1.807, 2.05) is 32.0 Å². The monoisotopic (exact) mass is 212 g/mol. The number of aryl methyl sites for hydroxylation is 2. The number of nitriles is 1. The van der Waals surface area contributed by atoms with Crippen molar-refractivity contribution in [1.82, 2.24) is 0 Å². The van der Waals surface area contributed by atoms with Gasteiger partial charge in [0.1, 0.15) is 17.9 Å². The van der Waals surface area contributed by atoms with Gasteiger partial charge in [0.15, 0.2) is 0 Å². The van der Waals surface area contributed by atoms with E-state index in [9.17, 15) is 0 Å². The van der Waals surface area contributed by atoms with E-state index in [0.29, 0.717) is 5.56 Å². The fourth-order valence-electron chi connectivity index (χ4n) is 1.61. The van der Waals surface area contributed by atoms with E-state index < -0.39 is 0 Å². The first-order chi connectivity index (χ1) is 7.63. The van der Waals surface area contributed by atoms with Crippen LogP contribution in [0.15, 0.2) is 28.9 Å². The average Bonchev–Trinajstić information content (AvgIpc) is 2.63. The molecular formula is C13H12N2O. The Hall–Kier alpha value is -2.21. The molecule has 2 rings (SSSR count). The van der Waals surface area contributed by atoms with Crippen molar-refractivity contribution in [2.24, 2.45) is 0 Å². The topological polar surface area (TPSA) is 62.9 Å². The van der Waals surface area contributed by atoms with Gasteiger partial charge in [-0.15, -0.1) is 0 Å². The van der Waals surface area contributed by atoms with Gasteiger partial charge >= 0.3 is 0 Å². The summed E-state index contributed by atoms with van der Waals surface area (Å²) in [7, 11) is 0.